The number of amides is 3. The minimum Gasteiger partial charge on any atom is -0.507 e. The molecule has 3 amide bonds. The van der Waals surface area contributed by atoms with Gasteiger partial charge in [-0.25, -0.2) is 4.79 Å². The van der Waals surface area contributed by atoms with Crippen LogP contribution in [0.25, 0.3) is 0 Å². The fourth-order valence-electron chi connectivity index (χ4n) is 2.70. The van der Waals surface area contributed by atoms with Crippen LogP contribution in [-0.4, -0.2) is 17.0 Å². The Kier molecular flexibility index (Phi) is 5.38. The van der Waals surface area contributed by atoms with Gasteiger partial charge < -0.3 is 21.1 Å². The zero-order valence-electron chi connectivity index (χ0n) is 13.6. The normalized spacial score (nSPS) is 16.7. The van der Waals surface area contributed by atoms with E-state index in [9.17, 15) is 14.7 Å². The molecule has 0 aromatic heterocycles. The molecular weight excluding hydrogens is 469 g/mol. The van der Waals surface area contributed by atoms with Gasteiger partial charge in [-0.3, -0.25) is 4.79 Å². The Morgan fingerprint density at radius 1 is 1.27 bits per heavy atom. The van der Waals surface area contributed by atoms with E-state index in [1.165, 1.54) is 6.07 Å². The first kappa shape index (κ1) is 18.5. The molecule has 0 saturated carbocycles. The number of hydrogen-bond donors (Lipinski definition) is 4. The molecule has 0 bridgehead atoms. The Labute approximate surface area is 168 Å². The fourth-order valence-corrected chi connectivity index (χ4v) is 3.42. The number of benzene rings is 2. The van der Waals surface area contributed by atoms with Gasteiger partial charge in [0.05, 0.1) is 25.9 Å². The van der Waals surface area contributed by atoms with Crippen molar-refractivity contribution in [3.05, 3.63) is 67.9 Å². The van der Waals surface area contributed by atoms with Gasteiger partial charge in [0.1, 0.15) is 5.75 Å². The van der Waals surface area contributed by atoms with Crippen LogP contribution in [0.5, 0.6) is 5.75 Å². The van der Waals surface area contributed by atoms with Crippen molar-refractivity contribution in [2.75, 3.05) is 5.32 Å². The molecule has 0 unspecified atom stereocenters. The van der Waals surface area contributed by atoms with E-state index in [0.29, 0.717) is 31.1 Å². The van der Waals surface area contributed by atoms with E-state index in [0.717, 1.165) is 0 Å². The molecule has 2 aromatic rings. The number of hydrogen-bond acceptors (Lipinski definition) is 3. The summed E-state index contributed by atoms with van der Waals surface area (Å²) in [5, 5.41) is 18.3. The summed E-state index contributed by atoms with van der Waals surface area (Å²) in [5.74, 6) is -0.242. The van der Waals surface area contributed by atoms with Gasteiger partial charge in [-0.05, 0) is 59.3 Å². The molecule has 6 nitrogen and oxygen atoms in total. The number of carbonyl (C=O) groups is 2. The highest BCUT2D eigenvalue weighted by molar-refractivity contribution is 14.1. The molecule has 1 atom stereocenters. The predicted octanol–water partition coefficient (Wildman–Crippen LogP) is 3.92. The van der Waals surface area contributed by atoms with Crippen molar-refractivity contribution in [1.29, 1.82) is 0 Å². The van der Waals surface area contributed by atoms with Crippen molar-refractivity contribution in [1.82, 2.24) is 10.6 Å². The second kappa shape index (κ2) is 7.55. The number of phenols is 1. The number of rotatable bonds is 3. The highest BCUT2D eigenvalue weighted by Crippen LogP contribution is 2.31. The van der Waals surface area contributed by atoms with Gasteiger partial charge in [0.25, 0.3) is 5.91 Å². The number of nitrogens with one attached hydrogen (secondary N) is 3. The minimum atomic E-state index is -0.652. The molecule has 26 heavy (non-hydrogen) atoms. The zero-order valence-corrected chi connectivity index (χ0v) is 16.6. The number of allylic oxidation sites excluding steroid dienone is 1. The summed E-state index contributed by atoms with van der Waals surface area (Å²) in [5.41, 5.74) is 1.98. The monoisotopic (exact) mass is 483 g/mol. The number of para-hydroxylation sites is 1. The number of halogens is 2. The average molecular weight is 484 g/mol. The lowest BCUT2D eigenvalue weighted by Crippen LogP contribution is -2.46. The average Bonchev–Trinajstić information content (AvgIpc) is 2.58. The lowest BCUT2D eigenvalue weighted by molar-refractivity contribution is -0.113. The van der Waals surface area contributed by atoms with Crippen LogP contribution >= 0.6 is 34.2 Å². The van der Waals surface area contributed by atoms with Crippen LogP contribution in [0, 0.1) is 3.57 Å². The summed E-state index contributed by atoms with van der Waals surface area (Å²) in [6.07, 6.45) is 0. The minimum absolute atomic E-state index is 0.136. The predicted molar refractivity (Wildman–Crippen MR) is 108 cm³/mol. The van der Waals surface area contributed by atoms with Crippen LogP contribution in [0.3, 0.4) is 0 Å². The van der Waals surface area contributed by atoms with Crippen molar-refractivity contribution in [3.63, 3.8) is 0 Å². The Morgan fingerprint density at radius 2 is 2.00 bits per heavy atom. The largest absolute Gasteiger partial charge is 0.507 e. The van der Waals surface area contributed by atoms with E-state index in [4.69, 9.17) is 11.6 Å². The van der Waals surface area contributed by atoms with Crippen LogP contribution in [0.15, 0.2) is 53.7 Å². The molecule has 1 aliphatic heterocycles. The van der Waals surface area contributed by atoms with Gasteiger partial charge in [-0.15, -0.1) is 0 Å². The maximum Gasteiger partial charge on any atom is 0.319 e. The van der Waals surface area contributed by atoms with Crippen LogP contribution < -0.4 is 16.0 Å². The molecular formula is C18H15ClIN3O3. The van der Waals surface area contributed by atoms with Crippen LogP contribution in [0.1, 0.15) is 18.5 Å². The highest BCUT2D eigenvalue weighted by atomic mass is 127. The maximum atomic E-state index is 12.9. The second-order valence-electron chi connectivity index (χ2n) is 5.71. The van der Waals surface area contributed by atoms with Crippen molar-refractivity contribution in [2.24, 2.45) is 0 Å². The van der Waals surface area contributed by atoms with E-state index < -0.39 is 12.1 Å². The van der Waals surface area contributed by atoms with Gasteiger partial charge >= 0.3 is 6.03 Å². The van der Waals surface area contributed by atoms with E-state index in [-0.39, 0.29) is 11.7 Å². The van der Waals surface area contributed by atoms with E-state index in [2.05, 4.69) is 16.0 Å². The smallest absolute Gasteiger partial charge is 0.319 e. The topological polar surface area (TPSA) is 90.5 Å². The molecule has 8 heteroatoms. The summed E-state index contributed by atoms with van der Waals surface area (Å²) < 4.78 is 0.622. The first-order chi connectivity index (χ1) is 12.4. The lowest BCUT2D eigenvalue weighted by atomic mass is 9.94. The summed E-state index contributed by atoms with van der Waals surface area (Å²) in [6, 6.07) is 10.8. The molecule has 3 rings (SSSR count). The Bertz CT molecular complexity index is 930. The number of phenolic OH excluding ortho intramolecular Hbond substituents is 1. The third kappa shape index (κ3) is 3.78. The molecule has 0 fully saturated rings. The highest BCUT2D eigenvalue weighted by Gasteiger charge is 2.31. The third-order valence-corrected chi connectivity index (χ3v) is 5.13. The van der Waals surface area contributed by atoms with Gasteiger partial charge in [0.15, 0.2) is 0 Å². The first-order valence-corrected chi connectivity index (χ1v) is 9.15. The SMILES string of the molecule is CC1=C(C(=O)Nc2ccccc2Cl)[C@H](c2ccc(O)c(I)c2)NC(=O)N1. The summed E-state index contributed by atoms with van der Waals surface area (Å²) in [6.45, 7) is 1.67. The molecule has 0 spiro atoms. The summed E-state index contributed by atoms with van der Waals surface area (Å²) in [7, 11) is 0. The summed E-state index contributed by atoms with van der Waals surface area (Å²) in [4.78, 5) is 24.8. The van der Waals surface area contributed by atoms with Gasteiger partial charge in [-0.1, -0.05) is 29.8 Å². The van der Waals surface area contributed by atoms with E-state index in [1.54, 1.807) is 43.3 Å². The van der Waals surface area contributed by atoms with Crippen LogP contribution in [0.4, 0.5) is 10.5 Å². The molecule has 4 N–H and O–H groups in total. The Morgan fingerprint density at radius 3 is 2.69 bits per heavy atom. The molecule has 1 heterocycles. The van der Waals surface area contributed by atoms with Crippen molar-refractivity contribution in [3.8, 4) is 5.75 Å². The molecule has 1 aliphatic rings. The number of aromatic hydroxyl groups is 1. The van der Waals surface area contributed by atoms with E-state index in [1.807, 2.05) is 22.6 Å². The van der Waals surface area contributed by atoms with Gasteiger partial charge in [0.2, 0.25) is 0 Å². The molecule has 0 radical (unpaired) electrons. The summed E-state index contributed by atoms with van der Waals surface area (Å²) >= 11 is 8.11. The molecule has 0 saturated heterocycles. The molecule has 0 aliphatic carbocycles. The Balaban J connectivity index is 1.99. The van der Waals surface area contributed by atoms with Crippen molar-refractivity contribution < 1.29 is 14.7 Å². The number of anilines is 1. The van der Waals surface area contributed by atoms with Crippen LogP contribution in [0.2, 0.25) is 5.02 Å². The van der Waals surface area contributed by atoms with Crippen molar-refractivity contribution >= 4 is 51.8 Å². The fraction of sp³-hybridized carbons (Fsp3) is 0.111. The van der Waals surface area contributed by atoms with Crippen molar-refractivity contribution in [2.45, 2.75) is 13.0 Å². The second-order valence-corrected chi connectivity index (χ2v) is 7.28. The van der Waals surface area contributed by atoms with Gasteiger partial charge in [-0.2, -0.15) is 0 Å². The molecule has 2 aromatic carbocycles. The molecule has 134 valence electrons. The number of urea groups is 1. The zero-order chi connectivity index (χ0) is 18.8. The van der Waals surface area contributed by atoms with Crippen LogP contribution in [-0.2, 0) is 4.79 Å². The number of carbonyl (C=O) groups excluding carboxylic acids is 2. The van der Waals surface area contributed by atoms with Gasteiger partial charge in [0, 0.05) is 5.70 Å². The quantitative estimate of drug-likeness (QED) is 0.499. The third-order valence-electron chi connectivity index (χ3n) is 3.94. The Hall–Kier alpha value is -2.26. The first-order valence-electron chi connectivity index (χ1n) is 7.69. The standard InChI is InChI=1S/C18H15ClIN3O3/c1-9-15(17(25)22-13-5-3-2-4-11(13)19)16(23-18(26)21-9)10-6-7-14(24)12(20)8-10/h2-8,16,24H,1H3,(H,22,25)(H2,21,23,26)/t16-/m0/s1. The lowest BCUT2D eigenvalue weighted by Gasteiger charge is -2.29. The maximum absolute atomic E-state index is 12.9. The van der Waals surface area contributed by atoms with E-state index >= 15 is 0 Å².